The Bertz CT molecular complexity index is 543. The highest BCUT2D eigenvalue weighted by atomic mass is 16.5. The molecule has 0 aromatic carbocycles. The molecule has 0 bridgehead atoms. The molecule has 0 aliphatic heterocycles. The van der Waals surface area contributed by atoms with Gasteiger partial charge in [0.05, 0.1) is 19.5 Å². The normalized spacial score (nSPS) is 11.1. The molecular formula is C10H16N6O3. The monoisotopic (exact) mass is 268 g/mol. The van der Waals surface area contributed by atoms with Crippen LogP contribution in [0.4, 0.5) is 5.95 Å². The third kappa shape index (κ3) is 3.08. The Morgan fingerprint density at radius 1 is 1.32 bits per heavy atom. The van der Waals surface area contributed by atoms with Crippen molar-refractivity contribution in [3.8, 4) is 5.88 Å². The highest BCUT2D eigenvalue weighted by Gasteiger charge is 2.13. The molecule has 104 valence electrons. The van der Waals surface area contributed by atoms with Gasteiger partial charge in [-0.05, 0) is 0 Å². The van der Waals surface area contributed by atoms with Gasteiger partial charge in [-0.1, -0.05) is 0 Å². The van der Waals surface area contributed by atoms with Gasteiger partial charge in [0, 0.05) is 6.54 Å². The second kappa shape index (κ2) is 6.27. The fraction of sp³-hybridized carbons (Fsp3) is 0.500. The average molecular weight is 268 g/mol. The minimum absolute atomic E-state index is 0.0470. The zero-order valence-electron chi connectivity index (χ0n) is 10.3. The molecule has 0 amide bonds. The first-order chi connectivity index (χ1) is 9.26. The molecule has 0 radical (unpaired) electrons. The number of nitrogens with two attached hydrogens (primary N) is 2. The molecule has 5 N–H and O–H groups in total. The molecule has 2 aromatic rings. The van der Waals surface area contributed by atoms with Gasteiger partial charge < -0.3 is 26.0 Å². The van der Waals surface area contributed by atoms with Crippen molar-refractivity contribution in [2.24, 2.45) is 5.73 Å². The zero-order chi connectivity index (χ0) is 13.7. The molecular weight excluding hydrogens is 252 g/mol. The minimum atomic E-state index is -0.0470. The Kier molecular flexibility index (Phi) is 4.44. The first kappa shape index (κ1) is 13.5. The number of aliphatic hydroxyl groups is 1. The van der Waals surface area contributed by atoms with E-state index in [1.807, 2.05) is 0 Å². The van der Waals surface area contributed by atoms with Gasteiger partial charge in [0.15, 0.2) is 11.2 Å². The van der Waals surface area contributed by atoms with E-state index in [4.69, 9.17) is 26.0 Å². The van der Waals surface area contributed by atoms with E-state index < -0.39 is 0 Å². The summed E-state index contributed by atoms with van der Waals surface area (Å²) in [5.41, 5.74) is 12.0. The van der Waals surface area contributed by atoms with Crippen molar-refractivity contribution in [1.82, 2.24) is 19.5 Å². The summed E-state index contributed by atoms with van der Waals surface area (Å²) in [4.78, 5) is 12.2. The number of rotatable bonds is 7. The lowest BCUT2D eigenvalue weighted by molar-refractivity contribution is 0.0499. The first-order valence-corrected chi connectivity index (χ1v) is 5.76. The van der Waals surface area contributed by atoms with E-state index in [2.05, 4.69) is 15.0 Å². The van der Waals surface area contributed by atoms with Crippen LogP contribution in [0.1, 0.15) is 0 Å². The van der Waals surface area contributed by atoms with E-state index in [0.29, 0.717) is 30.2 Å². The summed E-state index contributed by atoms with van der Waals surface area (Å²) in [5.74, 6) is 0.386. The molecule has 0 spiro atoms. The van der Waals surface area contributed by atoms with Crippen molar-refractivity contribution >= 4 is 17.1 Å². The Morgan fingerprint density at radius 2 is 2.16 bits per heavy atom. The number of imidazole rings is 1. The maximum absolute atomic E-state index is 8.67. The highest BCUT2D eigenvalue weighted by molar-refractivity contribution is 5.77. The molecule has 2 aromatic heterocycles. The van der Waals surface area contributed by atoms with Crippen LogP contribution in [0, 0.1) is 0 Å². The number of aromatic nitrogens is 4. The van der Waals surface area contributed by atoms with Gasteiger partial charge in [-0.2, -0.15) is 9.97 Å². The van der Waals surface area contributed by atoms with E-state index in [0.717, 1.165) is 0 Å². The minimum Gasteiger partial charge on any atom is -0.475 e. The molecule has 0 atom stereocenters. The number of aliphatic hydroxyl groups excluding tert-OH is 1. The van der Waals surface area contributed by atoms with E-state index >= 15 is 0 Å². The quantitative estimate of drug-likeness (QED) is 0.528. The molecule has 0 unspecified atom stereocenters. The molecule has 19 heavy (non-hydrogen) atoms. The average Bonchev–Trinajstić information content (AvgIpc) is 2.79. The van der Waals surface area contributed by atoms with Crippen LogP contribution in [0.15, 0.2) is 6.33 Å². The summed E-state index contributed by atoms with van der Waals surface area (Å²) in [6.45, 7) is 1.08. The summed E-state index contributed by atoms with van der Waals surface area (Å²) in [5, 5.41) is 8.67. The predicted molar refractivity (Wildman–Crippen MR) is 67.3 cm³/mol. The highest BCUT2D eigenvalue weighted by Crippen LogP contribution is 2.21. The number of ether oxygens (including phenoxy) is 2. The molecule has 0 aliphatic carbocycles. The Balaban J connectivity index is 2.28. The van der Waals surface area contributed by atoms with Crippen molar-refractivity contribution in [3.05, 3.63) is 6.33 Å². The molecule has 2 heterocycles. The van der Waals surface area contributed by atoms with Gasteiger partial charge in [0.1, 0.15) is 13.3 Å². The number of hydrogen-bond donors (Lipinski definition) is 3. The van der Waals surface area contributed by atoms with Crippen molar-refractivity contribution in [2.45, 2.75) is 6.73 Å². The van der Waals surface area contributed by atoms with Crippen molar-refractivity contribution in [1.29, 1.82) is 0 Å². The smallest absolute Gasteiger partial charge is 0.247 e. The fourth-order valence-corrected chi connectivity index (χ4v) is 1.51. The fourth-order valence-electron chi connectivity index (χ4n) is 1.51. The lowest BCUT2D eigenvalue weighted by Crippen LogP contribution is -2.12. The van der Waals surface area contributed by atoms with E-state index in [9.17, 15) is 0 Å². The maximum atomic E-state index is 8.67. The van der Waals surface area contributed by atoms with Gasteiger partial charge in [-0.25, -0.2) is 4.98 Å². The van der Waals surface area contributed by atoms with Crippen LogP contribution in [-0.2, 0) is 11.5 Å². The predicted octanol–water partition coefficient (Wildman–Crippen LogP) is -1.29. The van der Waals surface area contributed by atoms with Gasteiger partial charge >= 0.3 is 0 Å². The summed E-state index contributed by atoms with van der Waals surface area (Å²) in [7, 11) is 0. The van der Waals surface area contributed by atoms with Crippen LogP contribution in [-0.4, -0.2) is 51.0 Å². The second-order valence-electron chi connectivity index (χ2n) is 3.67. The van der Waals surface area contributed by atoms with Gasteiger partial charge in [0.25, 0.3) is 0 Å². The van der Waals surface area contributed by atoms with Crippen LogP contribution >= 0.6 is 0 Å². The number of hydrogen-bond acceptors (Lipinski definition) is 8. The molecule has 9 heteroatoms. The summed E-state index contributed by atoms with van der Waals surface area (Å²) >= 11 is 0. The van der Waals surface area contributed by atoms with Crippen molar-refractivity contribution < 1.29 is 14.6 Å². The number of anilines is 1. The zero-order valence-corrected chi connectivity index (χ0v) is 10.3. The molecule has 2 rings (SSSR count). The largest absolute Gasteiger partial charge is 0.475 e. The first-order valence-electron chi connectivity index (χ1n) is 5.76. The van der Waals surface area contributed by atoms with E-state index in [-0.39, 0.29) is 25.9 Å². The van der Waals surface area contributed by atoms with Crippen LogP contribution in [0.5, 0.6) is 5.88 Å². The lowest BCUT2D eigenvalue weighted by Gasteiger charge is -2.06. The van der Waals surface area contributed by atoms with Crippen LogP contribution < -0.4 is 16.2 Å². The van der Waals surface area contributed by atoms with Crippen molar-refractivity contribution in [3.63, 3.8) is 0 Å². The Morgan fingerprint density at radius 3 is 2.89 bits per heavy atom. The summed E-state index contributed by atoms with van der Waals surface area (Å²) < 4.78 is 12.2. The Labute approximate surface area is 109 Å². The third-order valence-electron chi connectivity index (χ3n) is 2.27. The van der Waals surface area contributed by atoms with E-state index in [1.165, 1.54) is 0 Å². The van der Waals surface area contributed by atoms with Gasteiger partial charge in [-0.15, -0.1) is 0 Å². The Hall–Kier alpha value is -1.97. The van der Waals surface area contributed by atoms with Crippen molar-refractivity contribution in [2.75, 3.05) is 32.1 Å². The van der Waals surface area contributed by atoms with Gasteiger partial charge in [-0.3, -0.25) is 4.57 Å². The lowest BCUT2D eigenvalue weighted by atomic mass is 10.5. The number of nitrogen functional groups attached to an aromatic ring is 1. The topological polar surface area (TPSA) is 134 Å². The summed E-state index contributed by atoms with van der Waals surface area (Å²) in [6, 6.07) is 0. The molecule has 0 saturated carbocycles. The second-order valence-corrected chi connectivity index (χ2v) is 3.67. The molecule has 0 aliphatic rings. The number of nitrogens with zero attached hydrogens (tertiary/aromatic N) is 4. The molecule has 0 saturated heterocycles. The maximum Gasteiger partial charge on any atom is 0.247 e. The third-order valence-corrected chi connectivity index (χ3v) is 2.27. The number of fused-ring (bicyclic) bond motifs is 1. The van der Waals surface area contributed by atoms with Crippen LogP contribution in [0.3, 0.4) is 0 Å². The molecule has 0 fully saturated rings. The van der Waals surface area contributed by atoms with Crippen LogP contribution in [0.25, 0.3) is 11.2 Å². The SMILES string of the molecule is NCCOc1nc(N)nc2c1ncn2COCCO. The van der Waals surface area contributed by atoms with Crippen LogP contribution in [0.2, 0.25) is 0 Å². The molecule has 9 nitrogen and oxygen atoms in total. The summed E-state index contributed by atoms with van der Waals surface area (Å²) in [6.07, 6.45) is 1.55. The standard InChI is InChI=1S/C10H16N6O3/c11-1-3-19-9-7-8(14-10(12)15-9)16(5-13-7)6-18-4-2-17/h5,17H,1-4,6,11H2,(H2,12,14,15). The van der Waals surface area contributed by atoms with Gasteiger partial charge in [0.2, 0.25) is 11.8 Å². The van der Waals surface area contributed by atoms with E-state index in [1.54, 1.807) is 10.9 Å².